The number of carboxylic acids is 2. The minimum Gasteiger partial charge on any atom is -2.00 e. The van der Waals surface area contributed by atoms with Crippen molar-refractivity contribution >= 4 is 22.9 Å². The molecule has 6 N–H and O–H groups in total. The number of nitrogens with two attached hydrogens (primary N) is 2. The van der Waals surface area contributed by atoms with E-state index in [1.54, 1.807) is 0 Å². The van der Waals surface area contributed by atoms with Crippen molar-refractivity contribution in [3.8, 4) is 0 Å². The van der Waals surface area contributed by atoms with Crippen molar-refractivity contribution < 1.29 is 500 Å². The number of hydrogen-bond donors (Lipinski definition) is 4. The number of rotatable bonds is 2. The van der Waals surface area contributed by atoms with Crippen LogP contribution in [0.4, 0.5) is 0 Å². The van der Waals surface area contributed by atoms with Crippen LogP contribution in [-0.2, 0) is 481 Å². The first-order valence-electron chi connectivity index (χ1n) is 2.38. The number of aliphatic carboxylic acids is 2. The summed E-state index contributed by atoms with van der Waals surface area (Å²) in [5, 5.41) is 15.2. The van der Waals surface area contributed by atoms with E-state index < -0.39 is 11.9 Å². The molecule has 0 amide bonds. The van der Waals surface area contributed by atoms with Gasteiger partial charge >= 0.3 is 31.5 Å². The Bertz CT molecular complexity index is 197. The Balaban J connectivity index is -0.000000000169. The molecule has 0 radical (unpaired) electrons. The first-order chi connectivity index (χ1) is 4.54. The van der Waals surface area contributed by atoms with Crippen molar-refractivity contribution in [3.05, 3.63) is 0 Å². The average molecular weight is 3030 g/mol. The number of carboxylic acid groups (broad SMARTS) is 2. The molecule has 0 saturated heterocycles. The van der Waals surface area contributed by atoms with Gasteiger partial charge in [0.05, 0.1) is 13.1 Å². The minimum atomic E-state index is -0.968. The van der Waals surface area contributed by atoms with Crippen LogP contribution in [0.3, 0.4) is 0 Å². The molecule has 0 aliphatic carbocycles. The molecule has 0 bridgehead atoms. The van der Waals surface area contributed by atoms with Gasteiger partial charge in [0.25, 0.3) is 0 Å². The van der Waals surface area contributed by atoms with Crippen molar-refractivity contribution in [2.75, 3.05) is 13.1 Å². The summed E-state index contributed by atoms with van der Waals surface area (Å²) in [5.41, 5.74) is 9.14. The zero-order valence-electron chi connectivity index (χ0n) is 33.0. The van der Waals surface area contributed by atoms with Crippen LogP contribution in [0.25, 0.3) is 0 Å². The van der Waals surface area contributed by atoms with Crippen LogP contribution in [-0.4, -0.2) is 46.2 Å². The van der Waals surface area contributed by atoms with Crippen LogP contribution < -0.4 is 11.5 Å². The van der Waals surface area contributed by atoms with Crippen molar-refractivity contribution in [1.82, 2.24) is 0 Å². The third kappa shape index (κ3) is 3090. The van der Waals surface area contributed by atoms with Crippen LogP contribution in [0.5, 0.6) is 0 Å². The largest absolute Gasteiger partial charge is 4.00 e. The summed E-state index contributed by atoms with van der Waals surface area (Å²) in [7, 11) is 0. The van der Waals surface area contributed by atoms with Gasteiger partial charge < -0.3 is 241 Å². The smallest absolute Gasteiger partial charge is 2.00 e. The van der Waals surface area contributed by atoms with E-state index >= 15 is 0 Å². The molecule has 0 fully saturated rings. The molecule has 0 aliphatic rings. The molecule has 452 valence electrons. The summed E-state index contributed by atoms with van der Waals surface area (Å²) >= 11 is 0. The van der Waals surface area contributed by atoms with Gasteiger partial charge in [0.1, 0.15) is 0 Å². The van der Waals surface area contributed by atoms with Gasteiger partial charge in [-0.25, -0.2) is 0 Å². The van der Waals surface area contributed by atoms with Gasteiger partial charge in [-0.05, 0) is 0 Å². The van der Waals surface area contributed by atoms with Crippen LogP contribution in [0.15, 0.2) is 0 Å². The average Bonchev–Trinajstić information content (AvgIpc) is 1.89. The molecule has 59 heteroatoms. The van der Waals surface area contributed by atoms with E-state index in [1.165, 1.54) is 0 Å². The zero-order chi connectivity index (χ0) is 8.57. The third-order valence-corrected chi connectivity index (χ3v) is 0.349. The minimum absolute atomic E-state index is 0. The van der Waals surface area contributed by atoms with Crippen LogP contribution >= 0.6 is 0 Å². The zero-order valence-corrected chi connectivity index (χ0v) is 63.2. The third-order valence-electron chi connectivity index (χ3n) is 0.349. The van der Waals surface area contributed by atoms with Crippen LogP contribution in [0.1, 0.15) is 8.56 Å². The molecule has 63 heavy (non-hydrogen) atoms. The predicted octanol–water partition coefficient (Wildman–Crippen LogP) is -6.43. The summed E-state index contributed by atoms with van der Waals surface area (Å²) in [4.78, 5) is 18.5. The molecule has 46 nitrogen and oxygen atoms in total. The molecule has 0 saturated carbocycles. The Morgan fingerprint density at radius 1 is 0.222 bits per heavy atom. The van der Waals surface area contributed by atoms with E-state index in [4.69, 9.17) is 10.2 Å². The molecule has 0 atom stereocenters. The van der Waals surface area contributed by atoms with Gasteiger partial charge in [0, 0.05) is 253 Å². The molecule has 0 unspecified atom stereocenters. The van der Waals surface area contributed by atoms with Crippen LogP contribution in [0, 0.1) is 0 Å². The fourth-order valence-electron chi connectivity index (χ4n) is 0. The Morgan fingerprint density at radius 3 is 0.238 bits per heavy atom. The maximum atomic E-state index is 9.24. The molecular weight excluding hydrogens is 3010 g/mol. The number of carbonyl (C=O) groups is 2. The molecule has 0 aromatic heterocycles. The summed E-state index contributed by atoms with van der Waals surface area (Å²) in [6, 6.07) is 0. The summed E-state index contributed by atoms with van der Waals surface area (Å²) in [6.45, 7) is -0.556. The van der Waals surface area contributed by atoms with Crippen molar-refractivity contribution in [1.29, 1.82) is 0 Å². The van der Waals surface area contributed by atoms with E-state index in [-0.39, 0.29) is 504 Å². The van der Waals surface area contributed by atoms with E-state index in [9.17, 15) is 9.59 Å². The van der Waals surface area contributed by atoms with E-state index in [0.717, 1.165) is 0 Å². The molecule has 0 aliphatic heterocycles. The van der Waals surface area contributed by atoms with Gasteiger partial charge in [-0.2, -0.15) is 0 Å². The predicted molar refractivity (Wildman–Crippen MR) is 73.3 cm³/mol. The standard InChI is InChI=1S/2C2H5NO2.40O.Si.12W/c2*3-1-2(4)5;;;;;;;;;;;;;;;;;;;;;;;;;;;;;;;;;;;;;;;;;;;;;;;;;;;;;/h2*1,3H2,(H,4,5);;;;;;;;;;;;;;;;;;;;;;;;;;;;;;;;;;;;;;;;;;;;;;;;;;;;;/q;;40*-2;+4;;;;;;;;;;;;/p+6. The molecular formula is C4H16N2O44SiW12-70. The second kappa shape index (κ2) is 1600. The second-order valence-electron chi connectivity index (χ2n) is 1.20. The first-order valence-corrected chi connectivity index (χ1v) is 2.38. The summed E-state index contributed by atoms with van der Waals surface area (Å²) in [6.07, 6.45) is 0. The van der Waals surface area contributed by atoms with Gasteiger partial charge in [0.15, 0.2) is 0 Å². The quantitative estimate of drug-likeness (QED) is 0.195. The van der Waals surface area contributed by atoms with Gasteiger partial charge in [-0.3, -0.25) is 9.59 Å². The van der Waals surface area contributed by atoms with Crippen LogP contribution in [0.2, 0.25) is 0 Å². The van der Waals surface area contributed by atoms with Gasteiger partial charge in [-0.1, -0.05) is 0 Å². The fraction of sp³-hybridized carbons (Fsp3) is 0.500. The summed E-state index contributed by atoms with van der Waals surface area (Å²) < 4.78 is 0. The second-order valence-corrected chi connectivity index (χ2v) is 1.20. The topological polar surface area (TPSA) is 1270 Å². The molecule has 0 aromatic rings. The Hall–Kier alpha value is 5.74. The van der Waals surface area contributed by atoms with Gasteiger partial charge in [-0.15, -0.1) is 0 Å². The van der Waals surface area contributed by atoms with E-state index in [2.05, 4.69) is 11.5 Å². The van der Waals surface area contributed by atoms with Gasteiger partial charge in [0.2, 0.25) is 0 Å². The van der Waals surface area contributed by atoms with E-state index in [1.807, 2.05) is 0 Å². The molecule has 0 spiro atoms. The normalized spacial score (nSPS) is 1.17. The molecule has 0 heterocycles. The Kier molecular flexibility index (Phi) is 42400. The molecule has 0 rings (SSSR count). The fourth-order valence-corrected chi connectivity index (χ4v) is 0. The first kappa shape index (κ1) is 1670. The van der Waals surface area contributed by atoms with Crippen molar-refractivity contribution in [2.24, 2.45) is 11.5 Å². The molecule has 0 aromatic carbocycles. The van der Waals surface area contributed by atoms with Crippen molar-refractivity contribution in [3.63, 3.8) is 0 Å². The maximum Gasteiger partial charge on any atom is 4.00 e. The van der Waals surface area contributed by atoms with E-state index in [0.29, 0.717) is 0 Å². The van der Waals surface area contributed by atoms with Crippen molar-refractivity contribution in [2.45, 2.75) is 0 Å². The summed E-state index contributed by atoms with van der Waals surface area (Å²) in [5.74, 6) is -1.94. The number of hydrogen-bond acceptors (Lipinski definition) is 4. The Morgan fingerprint density at radius 2 is 0.238 bits per heavy atom. The SMILES string of the molecule is NCC(=O)O.NCC(=O)O.[H+].[H+].[H+].[H+].[H+].[H+].[O-2].[O-2].[O-2].[O-2].[O-2].[O-2].[O-2].[O-2].[O-2].[O-2].[O-2].[O-2].[O-2].[O-2].[O-2].[O-2].[O-2].[O-2].[O-2].[O-2].[O-2].[O-2].[O-2].[O-2].[O-2].[O-2].[O-2].[O-2].[O-2].[O-2].[O-2].[O-2].[O-2].[O-2].[O-2].[O-2].[O-2].[O-2].[O-2].[O-2].[Si+4].[W].[W].[W].[W].[W].[W].[W].[W].[W].[W].[W].[W]. The Labute approximate surface area is 541 Å². The monoisotopic (exact) mass is 3030 g/mol. The maximum absolute atomic E-state index is 9.24.